The summed E-state index contributed by atoms with van der Waals surface area (Å²) in [4.78, 5) is 25.3. The number of imide groups is 1. The maximum Gasteiger partial charge on any atom is 0.260 e. The number of benzene rings is 1. The third-order valence-electron chi connectivity index (χ3n) is 3.40. The highest BCUT2D eigenvalue weighted by atomic mass is 16.3. The number of aliphatic hydroxyl groups is 1. The summed E-state index contributed by atoms with van der Waals surface area (Å²) in [6, 6.07) is 7.11. The van der Waals surface area contributed by atoms with Crippen LogP contribution in [-0.4, -0.2) is 34.0 Å². The quantitative estimate of drug-likeness (QED) is 0.821. The fourth-order valence-electron chi connectivity index (χ4n) is 2.01. The standard InChI is InChI=1S/C14H17NO3/c1-3-14(2,18)9-15-12(16)8-10-6-4-5-7-11(10)13(15)17/h4-7,18H,3,8-9H2,1-2H3. The molecular formula is C14H17NO3. The number of carbonyl (C=O) groups excluding carboxylic acids is 2. The van der Waals surface area contributed by atoms with Gasteiger partial charge >= 0.3 is 0 Å². The molecule has 1 N–H and O–H groups in total. The van der Waals surface area contributed by atoms with Gasteiger partial charge in [-0.1, -0.05) is 25.1 Å². The number of hydrogen-bond donors (Lipinski definition) is 1. The zero-order valence-electron chi connectivity index (χ0n) is 10.6. The fraction of sp³-hybridized carbons (Fsp3) is 0.429. The minimum Gasteiger partial charge on any atom is -0.388 e. The lowest BCUT2D eigenvalue weighted by Gasteiger charge is -2.32. The number of rotatable bonds is 3. The van der Waals surface area contributed by atoms with E-state index in [1.165, 1.54) is 0 Å². The van der Waals surface area contributed by atoms with Gasteiger partial charge in [0.1, 0.15) is 0 Å². The molecule has 0 spiro atoms. The average molecular weight is 247 g/mol. The lowest BCUT2D eigenvalue weighted by molar-refractivity contribution is -0.131. The summed E-state index contributed by atoms with van der Waals surface area (Å²) in [5, 5.41) is 10.0. The molecule has 2 rings (SSSR count). The van der Waals surface area contributed by atoms with Crippen molar-refractivity contribution >= 4 is 11.8 Å². The van der Waals surface area contributed by atoms with Crippen LogP contribution in [0.4, 0.5) is 0 Å². The van der Waals surface area contributed by atoms with Crippen LogP contribution in [0.5, 0.6) is 0 Å². The molecule has 1 aliphatic rings. The molecule has 0 aliphatic carbocycles. The van der Waals surface area contributed by atoms with Crippen molar-refractivity contribution in [2.45, 2.75) is 32.3 Å². The Bertz CT molecular complexity index is 494. The molecule has 0 aromatic heterocycles. The molecule has 1 heterocycles. The number of fused-ring (bicyclic) bond motifs is 1. The summed E-state index contributed by atoms with van der Waals surface area (Å²) in [5.74, 6) is -0.553. The van der Waals surface area contributed by atoms with Crippen LogP contribution in [-0.2, 0) is 11.2 Å². The molecule has 0 radical (unpaired) electrons. The predicted octanol–water partition coefficient (Wildman–Crippen LogP) is 1.37. The number of nitrogens with zero attached hydrogens (tertiary/aromatic N) is 1. The number of β-amino-alcohol motifs (C(OH)–C–C–N with tert-alkyl or cyclic N) is 1. The monoisotopic (exact) mass is 247 g/mol. The first-order valence-electron chi connectivity index (χ1n) is 6.09. The van der Waals surface area contributed by atoms with Gasteiger partial charge in [0.2, 0.25) is 5.91 Å². The minimum atomic E-state index is -1.03. The highest BCUT2D eigenvalue weighted by Crippen LogP contribution is 2.22. The molecule has 4 nitrogen and oxygen atoms in total. The molecule has 1 aromatic carbocycles. The normalized spacial score (nSPS) is 18.5. The Kier molecular flexibility index (Phi) is 3.22. The molecule has 4 heteroatoms. The van der Waals surface area contributed by atoms with Gasteiger partial charge in [-0.3, -0.25) is 14.5 Å². The van der Waals surface area contributed by atoms with Crippen LogP contribution in [0.25, 0.3) is 0 Å². The third-order valence-corrected chi connectivity index (χ3v) is 3.40. The topological polar surface area (TPSA) is 57.6 Å². The summed E-state index contributed by atoms with van der Waals surface area (Å²) in [5.41, 5.74) is 0.293. The van der Waals surface area contributed by atoms with E-state index in [0.717, 1.165) is 10.5 Å². The molecule has 1 unspecified atom stereocenters. The van der Waals surface area contributed by atoms with E-state index >= 15 is 0 Å². The van der Waals surface area contributed by atoms with Gasteiger partial charge in [-0.2, -0.15) is 0 Å². The van der Waals surface area contributed by atoms with E-state index in [0.29, 0.717) is 12.0 Å². The Morgan fingerprint density at radius 3 is 2.67 bits per heavy atom. The Morgan fingerprint density at radius 2 is 2.00 bits per heavy atom. The molecule has 18 heavy (non-hydrogen) atoms. The first-order valence-corrected chi connectivity index (χ1v) is 6.09. The van der Waals surface area contributed by atoms with Crippen LogP contribution in [0, 0.1) is 0 Å². The second kappa shape index (κ2) is 4.53. The van der Waals surface area contributed by atoms with E-state index in [4.69, 9.17) is 0 Å². The number of amides is 2. The van der Waals surface area contributed by atoms with E-state index in [1.807, 2.05) is 13.0 Å². The second-order valence-corrected chi connectivity index (χ2v) is 4.97. The zero-order valence-corrected chi connectivity index (χ0v) is 10.6. The van der Waals surface area contributed by atoms with Crippen LogP contribution in [0.3, 0.4) is 0 Å². The Balaban J connectivity index is 2.30. The van der Waals surface area contributed by atoms with E-state index < -0.39 is 5.60 Å². The highest BCUT2D eigenvalue weighted by molar-refractivity contribution is 6.09. The van der Waals surface area contributed by atoms with Crippen molar-refractivity contribution in [1.29, 1.82) is 0 Å². The SMILES string of the molecule is CCC(C)(O)CN1C(=O)Cc2ccccc2C1=O. The minimum absolute atomic E-state index is 0.0511. The van der Waals surface area contributed by atoms with E-state index in [1.54, 1.807) is 25.1 Å². The van der Waals surface area contributed by atoms with E-state index in [2.05, 4.69) is 0 Å². The lowest BCUT2D eigenvalue weighted by Crippen LogP contribution is -2.49. The van der Waals surface area contributed by atoms with Crippen molar-refractivity contribution in [3.63, 3.8) is 0 Å². The van der Waals surface area contributed by atoms with Gasteiger partial charge in [0, 0.05) is 5.56 Å². The highest BCUT2D eigenvalue weighted by Gasteiger charge is 2.34. The van der Waals surface area contributed by atoms with Gasteiger partial charge in [-0.25, -0.2) is 0 Å². The van der Waals surface area contributed by atoms with Crippen molar-refractivity contribution in [3.05, 3.63) is 35.4 Å². The largest absolute Gasteiger partial charge is 0.388 e. The molecular weight excluding hydrogens is 230 g/mol. The van der Waals surface area contributed by atoms with Crippen LogP contribution in [0.15, 0.2) is 24.3 Å². The molecule has 0 saturated heterocycles. The van der Waals surface area contributed by atoms with Crippen molar-refractivity contribution in [3.8, 4) is 0 Å². The van der Waals surface area contributed by atoms with Crippen LogP contribution >= 0.6 is 0 Å². The number of carbonyl (C=O) groups is 2. The van der Waals surface area contributed by atoms with Crippen molar-refractivity contribution in [1.82, 2.24) is 4.90 Å². The Morgan fingerprint density at radius 1 is 1.33 bits per heavy atom. The summed E-state index contributed by atoms with van der Waals surface area (Å²) in [6.07, 6.45) is 0.716. The van der Waals surface area contributed by atoms with Crippen molar-refractivity contribution < 1.29 is 14.7 Å². The van der Waals surface area contributed by atoms with Crippen LogP contribution < -0.4 is 0 Å². The smallest absolute Gasteiger partial charge is 0.260 e. The van der Waals surface area contributed by atoms with Gasteiger partial charge < -0.3 is 5.11 Å². The maximum atomic E-state index is 12.2. The molecule has 0 fully saturated rings. The van der Waals surface area contributed by atoms with Crippen molar-refractivity contribution in [2.75, 3.05) is 6.54 Å². The lowest BCUT2D eigenvalue weighted by atomic mass is 9.96. The Hall–Kier alpha value is -1.68. The van der Waals surface area contributed by atoms with E-state index in [9.17, 15) is 14.7 Å². The molecule has 1 atom stereocenters. The molecule has 0 bridgehead atoms. The van der Waals surface area contributed by atoms with Gasteiger partial charge in [-0.05, 0) is 25.0 Å². The summed E-state index contributed by atoms with van der Waals surface area (Å²) in [7, 11) is 0. The summed E-state index contributed by atoms with van der Waals surface area (Å²) >= 11 is 0. The van der Waals surface area contributed by atoms with Gasteiger partial charge in [0.15, 0.2) is 0 Å². The first-order chi connectivity index (χ1) is 8.44. The summed E-state index contributed by atoms with van der Waals surface area (Å²) < 4.78 is 0. The van der Waals surface area contributed by atoms with E-state index in [-0.39, 0.29) is 24.8 Å². The number of hydrogen-bond acceptors (Lipinski definition) is 3. The molecule has 0 saturated carbocycles. The third kappa shape index (κ3) is 2.29. The maximum absolute atomic E-state index is 12.2. The Labute approximate surface area is 106 Å². The first kappa shape index (κ1) is 12.8. The van der Waals surface area contributed by atoms with Crippen LogP contribution in [0.2, 0.25) is 0 Å². The molecule has 96 valence electrons. The van der Waals surface area contributed by atoms with Gasteiger partial charge in [-0.15, -0.1) is 0 Å². The van der Waals surface area contributed by atoms with Gasteiger partial charge in [0.25, 0.3) is 5.91 Å². The molecule has 1 aromatic rings. The van der Waals surface area contributed by atoms with Crippen molar-refractivity contribution in [2.24, 2.45) is 0 Å². The molecule has 1 aliphatic heterocycles. The van der Waals surface area contributed by atoms with Crippen LogP contribution in [0.1, 0.15) is 36.2 Å². The average Bonchev–Trinajstić information content (AvgIpc) is 2.34. The molecule has 2 amide bonds. The predicted molar refractivity (Wildman–Crippen MR) is 67.1 cm³/mol. The summed E-state index contributed by atoms with van der Waals surface area (Å²) in [6.45, 7) is 3.51. The zero-order chi connectivity index (χ0) is 13.3. The second-order valence-electron chi connectivity index (χ2n) is 4.97. The fourth-order valence-corrected chi connectivity index (χ4v) is 2.01. The van der Waals surface area contributed by atoms with Gasteiger partial charge in [0.05, 0.1) is 18.6 Å².